The smallest absolute Gasteiger partial charge is 0.258 e. The summed E-state index contributed by atoms with van der Waals surface area (Å²) in [6.07, 6.45) is 1.36. The molecular weight excluding hydrogens is 408 g/mol. The molecule has 2 aliphatic rings. The third-order valence-electron chi connectivity index (χ3n) is 6.24. The Kier molecular flexibility index (Phi) is 4.91. The van der Waals surface area contributed by atoms with E-state index < -0.39 is 10.0 Å². The quantitative estimate of drug-likeness (QED) is 0.628. The van der Waals surface area contributed by atoms with E-state index in [0.717, 1.165) is 23.2 Å². The van der Waals surface area contributed by atoms with Gasteiger partial charge in [-0.1, -0.05) is 42.5 Å². The molecule has 0 saturated heterocycles. The van der Waals surface area contributed by atoms with Gasteiger partial charge in [-0.05, 0) is 66.8 Å². The summed E-state index contributed by atoms with van der Waals surface area (Å²) in [6.45, 7) is 2.87. The number of hydrogen-bond acceptors (Lipinski definition) is 3. The summed E-state index contributed by atoms with van der Waals surface area (Å²) in [4.78, 5) is 15.1. The van der Waals surface area contributed by atoms with Crippen molar-refractivity contribution in [1.29, 1.82) is 0 Å². The largest absolute Gasteiger partial charge is 0.305 e. The Hall–Kier alpha value is -2.96. The van der Waals surface area contributed by atoms with Gasteiger partial charge in [-0.3, -0.25) is 4.79 Å². The molecule has 31 heavy (non-hydrogen) atoms. The minimum atomic E-state index is -3.60. The van der Waals surface area contributed by atoms with Crippen molar-refractivity contribution >= 4 is 21.6 Å². The van der Waals surface area contributed by atoms with Crippen molar-refractivity contribution in [3.63, 3.8) is 0 Å². The van der Waals surface area contributed by atoms with Gasteiger partial charge in [0.2, 0.25) is 10.0 Å². The van der Waals surface area contributed by atoms with Crippen LogP contribution in [0.15, 0.2) is 77.7 Å². The van der Waals surface area contributed by atoms with Crippen molar-refractivity contribution in [3.05, 3.63) is 95.1 Å². The van der Waals surface area contributed by atoms with Crippen LogP contribution >= 0.6 is 0 Å². The Labute approximate surface area is 183 Å². The molecule has 0 saturated carbocycles. The van der Waals surface area contributed by atoms with Crippen LogP contribution in [0.2, 0.25) is 0 Å². The Morgan fingerprint density at radius 3 is 2.39 bits per heavy atom. The van der Waals surface area contributed by atoms with Crippen LogP contribution in [-0.2, 0) is 29.4 Å². The first-order chi connectivity index (χ1) is 14.9. The normalized spacial score (nSPS) is 18.5. The van der Waals surface area contributed by atoms with Crippen LogP contribution in [0.4, 0.5) is 5.69 Å². The van der Waals surface area contributed by atoms with Gasteiger partial charge in [0.15, 0.2) is 0 Å². The molecule has 158 valence electrons. The first kappa shape index (κ1) is 20.0. The third kappa shape index (κ3) is 3.46. The molecule has 0 aromatic heterocycles. The second-order valence-electron chi connectivity index (χ2n) is 8.24. The fraction of sp³-hybridized carbons (Fsp3) is 0.240. The molecule has 0 unspecified atom stereocenters. The predicted octanol–water partition coefficient (Wildman–Crippen LogP) is 4.03. The SMILES string of the molecule is C[C@@H]1Cc2cc(S(=O)(=O)N3CCc4ccccc4C3)ccc2N1C(=O)c1ccccc1. The summed E-state index contributed by atoms with van der Waals surface area (Å²) in [5, 5.41) is 0. The molecule has 3 aromatic rings. The van der Waals surface area contributed by atoms with Gasteiger partial charge in [-0.25, -0.2) is 8.42 Å². The van der Waals surface area contributed by atoms with E-state index in [4.69, 9.17) is 0 Å². The van der Waals surface area contributed by atoms with Crippen molar-refractivity contribution in [2.24, 2.45) is 0 Å². The average molecular weight is 433 g/mol. The number of fused-ring (bicyclic) bond motifs is 2. The van der Waals surface area contributed by atoms with Crippen molar-refractivity contribution in [3.8, 4) is 0 Å². The van der Waals surface area contributed by atoms with E-state index in [1.807, 2.05) is 43.3 Å². The molecule has 2 aliphatic heterocycles. The lowest BCUT2D eigenvalue weighted by Gasteiger charge is -2.28. The Balaban J connectivity index is 1.45. The molecular formula is C25H24N2O3S. The molecule has 0 aliphatic carbocycles. The molecule has 0 N–H and O–H groups in total. The first-order valence-electron chi connectivity index (χ1n) is 10.5. The zero-order valence-electron chi connectivity index (χ0n) is 17.4. The second kappa shape index (κ2) is 7.62. The fourth-order valence-electron chi connectivity index (χ4n) is 4.62. The third-order valence-corrected chi connectivity index (χ3v) is 8.08. The van der Waals surface area contributed by atoms with E-state index in [1.165, 1.54) is 5.56 Å². The van der Waals surface area contributed by atoms with Crippen molar-refractivity contribution in [2.45, 2.75) is 37.2 Å². The van der Waals surface area contributed by atoms with Crippen molar-refractivity contribution in [2.75, 3.05) is 11.4 Å². The zero-order chi connectivity index (χ0) is 21.6. The highest BCUT2D eigenvalue weighted by Crippen LogP contribution is 2.36. The minimum Gasteiger partial charge on any atom is -0.305 e. The van der Waals surface area contributed by atoms with E-state index in [1.54, 1.807) is 39.5 Å². The number of carbonyl (C=O) groups excluding carboxylic acids is 1. The number of carbonyl (C=O) groups is 1. The van der Waals surface area contributed by atoms with Crippen LogP contribution in [0.1, 0.15) is 34.0 Å². The fourth-order valence-corrected chi connectivity index (χ4v) is 6.09. The Morgan fingerprint density at radius 1 is 0.903 bits per heavy atom. The van der Waals surface area contributed by atoms with Gasteiger partial charge in [0.05, 0.1) is 4.90 Å². The number of hydrogen-bond donors (Lipinski definition) is 0. The number of rotatable bonds is 3. The molecule has 0 bridgehead atoms. The summed E-state index contributed by atoms with van der Waals surface area (Å²) in [5.41, 5.74) is 4.60. The van der Waals surface area contributed by atoms with Crippen molar-refractivity contribution in [1.82, 2.24) is 4.31 Å². The number of anilines is 1. The predicted molar refractivity (Wildman–Crippen MR) is 121 cm³/mol. The highest BCUT2D eigenvalue weighted by atomic mass is 32.2. The maximum Gasteiger partial charge on any atom is 0.258 e. The topological polar surface area (TPSA) is 57.7 Å². The molecule has 2 heterocycles. The van der Waals surface area contributed by atoms with E-state index >= 15 is 0 Å². The summed E-state index contributed by atoms with van der Waals surface area (Å²) < 4.78 is 28.3. The van der Waals surface area contributed by atoms with E-state index in [-0.39, 0.29) is 11.9 Å². The van der Waals surface area contributed by atoms with Crippen LogP contribution in [0, 0.1) is 0 Å². The van der Waals surface area contributed by atoms with E-state index in [9.17, 15) is 13.2 Å². The highest BCUT2D eigenvalue weighted by Gasteiger charge is 2.34. The van der Waals surface area contributed by atoms with E-state index in [0.29, 0.717) is 30.0 Å². The second-order valence-corrected chi connectivity index (χ2v) is 10.2. The van der Waals surface area contributed by atoms with Crippen LogP contribution < -0.4 is 4.90 Å². The minimum absolute atomic E-state index is 0.0254. The standard InChI is InChI=1S/C25H24N2O3S/c1-18-15-22-16-23(11-12-24(22)27(18)25(28)20-8-3-2-4-9-20)31(29,30)26-14-13-19-7-5-6-10-21(19)17-26/h2-12,16,18H,13-15,17H2,1H3/t18-/m1/s1. The summed E-state index contributed by atoms with van der Waals surface area (Å²) >= 11 is 0. The molecule has 3 aromatic carbocycles. The first-order valence-corrected chi connectivity index (χ1v) is 12.0. The van der Waals surface area contributed by atoms with Crippen LogP contribution in [0.3, 0.4) is 0 Å². The van der Waals surface area contributed by atoms with Gasteiger partial charge < -0.3 is 4.90 Å². The van der Waals surface area contributed by atoms with Crippen LogP contribution in [0.5, 0.6) is 0 Å². The lowest BCUT2D eigenvalue weighted by Crippen LogP contribution is -2.36. The molecule has 5 rings (SSSR count). The summed E-state index contributed by atoms with van der Waals surface area (Å²) in [6, 6.07) is 22.3. The van der Waals surface area contributed by atoms with Gasteiger partial charge in [0.1, 0.15) is 0 Å². The average Bonchev–Trinajstić information content (AvgIpc) is 3.13. The molecule has 5 nitrogen and oxygen atoms in total. The lowest BCUT2D eigenvalue weighted by atomic mass is 10.0. The molecule has 1 amide bonds. The molecule has 0 spiro atoms. The summed E-state index contributed by atoms with van der Waals surface area (Å²) in [7, 11) is -3.60. The van der Waals surface area contributed by atoms with Gasteiger partial charge in [-0.2, -0.15) is 4.31 Å². The number of benzene rings is 3. The molecule has 1 atom stereocenters. The molecule has 6 heteroatoms. The lowest BCUT2D eigenvalue weighted by molar-refractivity contribution is 0.0981. The van der Waals surface area contributed by atoms with Gasteiger partial charge in [0.25, 0.3) is 5.91 Å². The van der Waals surface area contributed by atoms with Crippen molar-refractivity contribution < 1.29 is 13.2 Å². The Morgan fingerprint density at radius 2 is 1.61 bits per heavy atom. The zero-order valence-corrected chi connectivity index (χ0v) is 18.2. The summed E-state index contributed by atoms with van der Waals surface area (Å²) in [5.74, 6) is -0.0601. The molecule has 0 fully saturated rings. The van der Waals surface area contributed by atoms with E-state index in [2.05, 4.69) is 6.07 Å². The number of amides is 1. The van der Waals surface area contributed by atoms with Gasteiger partial charge in [-0.15, -0.1) is 0 Å². The number of sulfonamides is 1. The maximum absolute atomic E-state index is 13.4. The van der Waals surface area contributed by atoms with Crippen LogP contribution in [0.25, 0.3) is 0 Å². The van der Waals surface area contributed by atoms with Gasteiger partial charge in [0, 0.05) is 30.4 Å². The monoisotopic (exact) mass is 432 g/mol. The Bertz CT molecular complexity index is 1250. The highest BCUT2D eigenvalue weighted by molar-refractivity contribution is 7.89. The number of nitrogens with zero attached hydrogens (tertiary/aromatic N) is 2. The molecule has 0 radical (unpaired) electrons. The maximum atomic E-state index is 13.4. The van der Waals surface area contributed by atoms with Crippen LogP contribution in [-0.4, -0.2) is 31.2 Å². The van der Waals surface area contributed by atoms with Gasteiger partial charge >= 0.3 is 0 Å².